The van der Waals surface area contributed by atoms with Gasteiger partial charge >= 0.3 is 0 Å². The van der Waals surface area contributed by atoms with Crippen molar-refractivity contribution in [3.63, 3.8) is 0 Å². The van der Waals surface area contributed by atoms with Crippen LogP contribution in [0.25, 0.3) is 0 Å². The Morgan fingerprint density at radius 1 is 1.10 bits per heavy atom. The van der Waals surface area contributed by atoms with Crippen LogP contribution in [0.1, 0.15) is 24.5 Å². The quantitative estimate of drug-likeness (QED) is 0.499. The smallest absolute Gasteiger partial charge is 0.122 e. The van der Waals surface area contributed by atoms with Crippen LogP contribution in [0.15, 0.2) is 73.3 Å². The van der Waals surface area contributed by atoms with Gasteiger partial charge in [-0.1, -0.05) is 66.7 Å². The zero-order chi connectivity index (χ0) is 14.9. The fourth-order valence-electron chi connectivity index (χ4n) is 3.47. The van der Waals surface area contributed by atoms with E-state index in [9.17, 15) is 5.26 Å². The maximum atomic E-state index is 9.35. The molecule has 1 unspecified atom stereocenters. The zero-order valence-corrected chi connectivity index (χ0v) is 12.2. The molecule has 0 saturated heterocycles. The summed E-state index contributed by atoms with van der Waals surface area (Å²) < 4.78 is 0. The van der Waals surface area contributed by atoms with Gasteiger partial charge in [0.15, 0.2) is 0 Å². The Labute approximate surface area is 125 Å². The molecule has 0 bridgehead atoms. The molecule has 1 saturated carbocycles. The molecule has 2 atom stereocenters. The lowest BCUT2D eigenvalue weighted by atomic mass is 9.81. The van der Waals surface area contributed by atoms with Crippen LogP contribution in [0, 0.1) is 5.92 Å². The van der Waals surface area contributed by atoms with E-state index < -0.39 is 5.60 Å². The number of rotatable bonds is 5. The van der Waals surface area contributed by atoms with Crippen molar-refractivity contribution in [2.24, 2.45) is 5.92 Å². The average Bonchev–Trinajstić information content (AvgIpc) is 3.33. The molecule has 0 radical (unpaired) electrons. The standard InChI is InChI=1S/C19H20O2/c1-3-18(2,21-20)17-14-19(17,15-10-6-4-7-11-15)16-12-8-5-9-13-16/h3-13,17,20H,1,14H2,2H3/t17?,18-/m1/s1. The molecule has 3 rings (SSSR count). The van der Waals surface area contributed by atoms with Crippen LogP contribution >= 0.6 is 0 Å². The molecule has 108 valence electrons. The van der Waals surface area contributed by atoms with Gasteiger partial charge in [0, 0.05) is 11.3 Å². The van der Waals surface area contributed by atoms with Crippen LogP contribution in [0.2, 0.25) is 0 Å². The van der Waals surface area contributed by atoms with Crippen molar-refractivity contribution in [1.29, 1.82) is 0 Å². The molecule has 0 aromatic heterocycles. The first kappa shape index (κ1) is 14.1. The predicted octanol–water partition coefficient (Wildman–Crippen LogP) is 4.43. The first-order valence-corrected chi connectivity index (χ1v) is 7.24. The first-order chi connectivity index (χ1) is 10.2. The molecule has 1 N–H and O–H groups in total. The van der Waals surface area contributed by atoms with Gasteiger partial charge in [-0.15, -0.1) is 6.58 Å². The predicted molar refractivity (Wildman–Crippen MR) is 84.1 cm³/mol. The minimum absolute atomic E-state index is 0.117. The van der Waals surface area contributed by atoms with E-state index in [1.165, 1.54) is 11.1 Å². The molecule has 0 heterocycles. The molecule has 0 spiro atoms. The van der Waals surface area contributed by atoms with E-state index in [1.54, 1.807) is 6.08 Å². The molecule has 2 aromatic rings. The maximum absolute atomic E-state index is 9.35. The van der Waals surface area contributed by atoms with E-state index in [4.69, 9.17) is 4.89 Å². The normalized spacial score (nSPS) is 22.3. The highest BCUT2D eigenvalue weighted by Gasteiger charge is 2.63. The summed E-state index contributed by atoms with van der Waals surface area (Å²) in [6.45, 7) is 5.72. The molecule has 21 heavy (non-hydrogen) atoms. The average molecular weight is 280 g/mol. The minimum atomic E-state index is -0.744. The van der Waals surface area contributed by atoms with Crippen molar-refractivity contribution >= 4 is 0 Å². The topological polar surface area (TPSA) is 29.5 Å². The highest BCUT2D eigenvalue weighted by molar-refractivity contribution is 5.49. The fourth-order valence-corrected chi connectivity index (χ4v) is 3.47. The van der Waals surface area contributed by atoms with Gasteiger partial charge in [0.1, 0.15) is 5.60 Å². The molecular weight excluding hydrogens is 260 g/mol. The van der Waals surface area contributed by atoms with Crippen LogP contribution in [-0.2, 0) is 10.3 Å². The van der Waals surface area contributed by atoms with Crippen LogP contribution in [0.4, 0.5) is 0 Å². The monoisotopic (exact) mass is 280 g/mol. The third-order valence-electron chi connectivity index (χ3n) is 4.83. The van der Waals surface area contributed by atoms with Crippen molar-refractivity contribution in [2.45, 2.75) is 24.4 Å². The summed E-state index contributed by atoms with van der Waals surface area (Å²) >= 11 is 0. The fraction of sp³-hybridized carbons (Fsp3) is 0.263. The highest BCUT2D eigenvalue weighted by atomic mass is 17.1. The molecule has 2 aromatic carbocycles. The van der Waals surface area contributed by atoms with Crippen LogP contribution < -0.4 is 0 Å². The lowest BCUT2D eigenvalue weighted by molar-refractivity contribution is -0.309. The Kier molecular flexibility index (Phi) is 3.44. The lowest BCUT2D eigenvalue weighted by Gasteiger charge is -2.27. The van der Waals surface area contributed by atoms with Gasteiger partial charge in [0.25, 0.3) is 0 Å². The van der Waals surface area contributed by atoms with Crippen molar-refractivity contribution in [1.82, 2.24) is 0 Å². The summed E-state index contributed by atoms with van der Waals surface area (Å²) in [6.07, 6.45) is 2.63. The Morgan fingerprint density at radius 2 is 1.57 bits per heavy atom. The van der Waals surface area contributed by atoms with Gasteiger partial charge in [0.05, 0.1) is 0 Å². The van der Waals surface area contributed by atoms with Crippen molar-refractivity contribution < 1.29 is 10.1 Å². The Bertz CT molecular complexity index is 581. The lowest BCUT2D eigenvalue weighted by Crippen LogP contribution is -2.32. The summed E-state index contributed by atoms with van der Waals surface area (Å²) in [5.41, 5.74) is 1.65. The first-order valence-electron chi connectivity index (χ1n) is 7.24. The van der Waals surface area contributed by atoms with Crippen LogP contribution in [0.3, 0.4) is 0 Å². The van der Waals surface area contributed by atoms with E-state index in [2.05, 4.69) is 55.1 Å². The Balaban J connectivity index is 2.10. The third-order valence-corrected chi connectivity index (χ3v) is 4.83. The second-order valence-corrected chi connectivity index (χ2v) is 5.94. The SMILES string of the molecule is C=C[C@@](C)(OO)C1CC1(c1ccccc1)c1ccccc1. The van der Waals surface area contributed by atoms with Gasteiger partial charge in [-0.25, -0.2) is 4.89 Å². The minimum Gasteiger partial charge on any atom is -0.251 e. The Morgan fingerprint density at radius 3 is 1.95 bits per heavy atom. The zero-order valence-electron chi connectivity index (χ0n) is 12.2. The second-order valence-electron chi connectivity index (χ2n) is 5.94. The Hall–Kier alpha value is -1.90. The maximum Gasteiger partial charge on any atom is 0.122 e. The number of benzene rings is 2. The summed E-state index contributed by atoms with van der Waals surface area (Å²) in [6, 6.07) is 20.9. The molecule has 2 nitrogen and oxygen atoms in total. The number of hydrogen-bond acceptors (Lipinski definition) is 2. The molecular formula is C19H20O2. The van der Waals surface area contributed by atoms with Gasteiger partial charge < -0.3 is 0 Å². The van der Waals surface area contributed by atoms with Gasteiger partial charge in [-0.3, -0.25) is 5.26 Å². The second kappa shape index (κ2) is 5.14. The van der Waals surface area contributed by atoms with Crippen molar-refractivity contribution in [2.75, 3.05) is 0 Å². The molecule has 2 heteroatoms. The summed E-state index contributed by atoms with van der Waals surface area (Å²) in [5.74, 6) is 0.164. The molecule has 0 amide bonds. The summed E-state index contributed by atoms with van der Waals surface area (Å²) in [7, 11) is 0. The molecule has 1 aliphatic rings. The largest absolute Gasteiger partial charge is 0.251 e. The highest BCUT2D eigenvalue weighted by Crippen LogP contribution is 2.63. The van der Waals surface area contributed by atoms with E-state index in [1.807, 2.05) is 19.1 Å². The van der Waals surface area contributed by atoms with Crippen LogP contribution in [-0.4, -0.2) is 10.9 Å². The molecule has 0 aliphatic heterocycles. The van der Waals surface area contributed by atoms with Crippen molar-refractivity contribution in [3.05, 3.63) is 84.4 Å². The summed E-state index contributed by atoms with van der Waals surface area (Å²) in [5, 5.41) is 9.35. The van der Waals surface area contributed by atoms with Crippen LogP contribution in [0.5, 0.6) is 0 Å². The van der Waals surface area contributed by atoms with E-state index >= 15 is 0 Å². The summed E-state index contributed by atoms with van der Waals surface area (Å²) in [4.78, 5) is 4.79. The molecule has 1 fully saturated rings. The van der Waals surface area contributed by atoms with Gasteiger partial charge in [-0.2, -0.15) is 0 Å². The third kappa shape index (κ3) is 2.11. The molecule has 1 aliphatic carbocycles. The van der Waals surface area contributed by atoms with Gasteiger partial charge in [0.2, 0.25) is 0 Å². The van der Waals surface area contributed by atoms with E-state index in [0.717, 1.165) is 6.42 Å². The van der Waals surface area contributed by atoms with Crippen molar-refractivity contribution in [3.8, 4) is 0 Å². The van der Waals surface area contributed by atoms with Gasteiger partial charge in [-0.05, 0) is 24.5 Å². The van der Waals surface area contributed by atoms with E-state index in [0.29, 0.717) is 0 Å². The van der Waals surface area contributed by atoms with E-state index in [-0.39, 0.29) is 11.3 Å². The number of hydrogen-bond donors (Lipinski definition) is 1.